The lowest BCUT2D eigenvalue weighted by molar-refractivity contribution is -0.201. The lowest BCUT2D eigenvalue weighted by Crippen LogP contribution is -2.38. The number of hydrogen-bond donors (Lipinski definition) is 0. The number of rotatable bonds is 4. The van der Waals surface area contributed by atoms with Crippen LogP contribution in [-0.2, 0) is 28.8 Å². The third kappa shape index (κ3) is 3.74. The summed E-state index contributed by atoms with van der Waals surface area (Å²) in [5, 5.41) is 0.369. The van der Waals surface area contributed by atoms with E-state index in [1.165, 1.54) is 6.92 Å². The SMILES string of the molecule is CCC(=O)N(OC(=O)CCN1C(=O)C=CC1=O)C(C)=O. The Bertz CT molecular complexity index is 478. The van der Waals surface area contributed by atoms with E-state index >= 15 is 0 Å². The number of carbonyl (C=O) groups is 5. The van der Waals surface area contributed by atoms with Gasteiger partial charge in [-0.3, -0.25) is 24.1 Å². The number of hydroxylamine groups is 2. The highest BCUT2D eigenvalue weighted by molar-refractivity contribution is 6.13. The zero-order chi connectivity index (χ0) is 15.3. The first-order chi connectivity index (χ1) is 9.36. The van der Waals surface area contributed by atoms with Crippen molar-refractivity contribution < 1.29 is 28.8 Å². The van der Waals surface area contributed by atoms with Gasteiger partial charge in [-0.05, 0) is 0 Å². The zero-order valence-electron chi connectivity index (χ0n) is 11.1. The van der Waals surface area contributed by atoms with Gasteiger partial charge in [0.15, 0.2) is 0 Å². The van der Waals surface area contributed by atoms with Gasteiger partial charge in [0.1, 0.15) is 0 Å². The van der Waals surface area contributed by atoms with Crippen LogP contribution in [0.1, 0.15) is 26.7 Å². The van der Waals surface area contributed by atoms with Gasteiger partial charge in [0.05, 0.1) is 6.42 Å². The molecule has 0 spiro atoms. The molecule has 0 saturated heterocycles. The molecule has 8 nitrogen and oxygen atoms in total. The van der Waals surface area contributed by atoms with E-state index in [0.717, 1.165) is 24.0 Å². The predicted octanol–water partition coefficient (Wildman–Crippen LogP) is -0.455. The van der Waals surface area contributed by atoms with E-state index in [0.29, 0.717) is 5.06 Å². The molecule has 0 N–H and O–H groups in total. The standard InChI is InChI=1S/C12H14N2O6/c1-3-9(16)14(8(2)15)20-12(19)6-7-13-10(17)4-5-11(13)18/h4-5H,3,6-7H2,1-2H3. The first-order valence-electron chi connectivity index (χ1n) is 5.94. The smallest absolute Gasteiger partial charge is 0.330 e. The van der Waals surface area contributed by atoms with Crippen molar-refractivity contribution in [1.82, 2.24) is 9.96 Å². The molecule has 1 rings (SSSR count). The van der Waals surface area contributed by atoms with E-state index in [1.807, 2.05) is 0 Å². The maximum atomic E-state index is 11.5. The average Bonchev–Trinajstić information content (AvgIpc) is 2.72. The van der Waals surface area contributed by atoms with Crippen LogP contribution < -0.4 is 0 Å². The first kappa shape index (κ1) is 15.5. The van der Waals surface area contributed by atoms with Gasteiger partial charge in [-0.25, -0.2) is 4.79 Å². The normalized spacial score (nSPS) is 13.6. The van der Waals surface area contributed by atoms with Crippen molar-refractivity contribution in [1.29, 1.82) is 0 Å². The number of nitrogens with zero attached hydrogens (tertiary/aromatic N) is 2. The van der Waals surface area contributed by atoms with Gasteiger partial charge in [-0.15, -0.1) is 5.06 Å². The van der Waals surface area contributed by atoms with Crippen LogP contribution in [0.25, 0.3) is 0 Å². The van der Waals surface area contributed by atoms with Gasteiger partial charge < -0.3 is 4.84 Å². The van der Waals surface area contributed by atoms with Gasteiger partial charge in [-0.2, -0.15) is 0 Å². The van der Waals surface area contributed by atoms with Crippen LogP contribution in [0, 0.1) is 0 Å². The summed E-state index contributed by atoms with van der Waals surface area (Å²) in [6.07, 6.45) is 1.88. The fourth-order valence-electron chi connectivity index (χ4n) is 1.44. The summed E-state index contributed by atoms with van der Waals surface area (Å²) in [6.45, 7) is 2.42. The molecule has 0 bridgehead atoms. The van der Waals surface area contributed by atoms with Gasteiger partial charge in [0, 0.05) is 32.0 Å². The molecule has 0 fully saturated rings. The molecule has 0 saturated carbocycles. The summed E-state index contributed by atoms with van der Waals surface area (Å²) in [5.74, 6) is -3.29. The minimum Gasteiger partial charge on any atom is -0.330 e. The summed E-state index contributed by atoms with van der Waals surface area (Å²) < 4.78 is 0. The number of hydrogen-bond acceptors (Lipinski definition) is 6. The third-order valence-electron chi connectivity index (χ3n) is 2.45. The van der Waals surface area contributed by atoms with E-state index in [1.54, 1.807) is 0 Å². The Kier molecular flexibility index (Phi) is 5.13. The van der Waals surface area contributed by atoms with E-state index in [9.17, 15) is 24.0 Å². The molecular weight excluding hydrogens is 268 g/mol. The third-order valence-corrected chi connectivity index (χ3v) is 2.45. The second-order valence-electron chi connectivity index (χ2n) is 3.94. The summed E-state index contributed by atoms with van der Waals surface area (Å²) in [4.78, 5) is 61.9. The molecule has 8 heteroatoms. The molecule has 0 aromatic carbocycles. The summed E-state index contributed by atoms with van der Waals surface area (Å²) in [5.41, 5.74) is 0. The highest BCUT2D eigenvalue weighted by Crippen LogP contribution is 2.06. The lowest BCUT2D eigenvalue weighted by Gasteiger charge is -2.18. The van der Waals surface area contributed by atoms with Crippen molar-refractivity contribution in [3.05, 3.63) is 12.2 Å². The maximum Gasteiger partial charge on any atom is 0.335 e. The minimum atomic E-state index is -0.880. The van der Waals surface area contributed by atoms with Crippen LogP contribution in [0.5, 0.6) is 0 Å². The Morgan fingerprint density at radius 1 is 1.20 bits per heavy atom. The van der Waals surface area contributed by atoms with Crippen molar-refractivity contribution >= 4 is 29.6 Å². The molecule has 0 atom stereocenters. The second kappa shape index (κ2) is 6.60. The number of carbonyl (C=O) groups excluding carboxylic acids is 5. The Hall–Kier alpha value is -2.51. The molecule has 4 amide bonds. The Morgan fingerprint density at radius 3 is 2.20 bits per heavy atom. The molecule has 0 aliphatic carbocycles. The van der Waals surface area contributed by atoms with Crippen molar-refractivity contribution in [3.8, 4) is 0 Å². The monoisotopic (exact) mass is 282 g/mol. The molecule has 0 aromatic heterocycles. The van der Waals surface area contributed by atoms with Gasteiger partial charge in [0.25, 0.3) is 23.6 Å². The van der Waals surface area contributed by atoms with Gasteiger partial charge in [0.2, 0.25) is 0 Å². The van der Waals surface area contributed by atoms with E-state index in [4.69, 9.17) is 0 Å². The van der Waals surface area contributed by atoms with Gasteiger partial charge in [-0.1, -0.05) is 6.92 Å². The maximum absolute atomic E-state index is 11.5. The second-order valence-corrected chi connectivity index (χ2v) is 3.94. The zero-order valence-corrected chi connectivity index (χ0v) is 11.1. The van der Waals surface area contributed by atoms with Gasteiger partial charge >= 0.3 is 5.97 Å². The van der Waals surface area contributed by atoms with Crippen molar-refractivity contribution in [2.45, 2.75) is 26.7 Å². The number of imide groups is 2. The molecular formula is C12H14N2O6. The predicted molar refractivity (Wildman–Crippen MR) is 64.4 cm³/mol. The van der Waals surface area contributed by atoms with Crippen molar-refractivity contribution in [3.63, 3.8) is 0 Å². The van der Waals surface area contributed by atoms with Crippen molar-refractivity contribution in [2.24, 2.45) is 0 Å². The lowest BCUT2D eigenvalue weighted by atomic mass is 10.4. The van der Waals surface area contributed by atoms with Crippen molar-refractivity contribution in [2.75, 3.05) is 6.54 Å². The molecule has 1 aliphatic heterocycles. The molecule has 1 heterocycles. The molecule has 0 aromatic rings. The molecule has 108 valence electrons. The van der Waals surface area contributed by atoms with Crippen LogP contribution in [0.2, 0.25) is 0 Å². The highest BCUT2D eigenvalue weighted by atomic mass is 16.7. The summed E-state index contributed by atoms with van der Waals surface area (Å²) in [6, 6.07) is 0. The average molecular weight is 282 g/mol. The largest absolute Gasteiger partial charge is 0.335 e. The fourth-order valence-corrected chi connectivity index (χ4v) is 1.44. The molecule has 20 heavy (non-hydrogen) atoms. The molecule has 1 aliphatic rings. The minimum absolute atomic E-state index is 0.000122. The van der Waals surface area contributed by atoms with Crippen LogP contribution in [0.3, 0.4) is 0 Å². The number of amides is 4. The van der Waals surface area contributed by atoms with E-state index < -0.39 is 29.6 Å². The highest BCUT2D eigenvalue weighted by Gasteiger charge is 2.26. The molecule has 0 radical (unpaired) electrons. The topological polar surface area (TPSA) is 101 Å². The fraction of sp³-hybridized carbons (Fsp3) is 0.417. The Balaban J connectivity index is 2.51. The van der Waals surface area contributed by atoms with Crippen LogP contribution >= 0.6 is 0 Å². The van der Waals surface area contributed by atoms with Crippen LogP contribution in [-0.4, -0.2) is 46.1 Å². The van der Waals surface area contributed by atoms with E-state index in [-0.39, 0.29) is 19.4 Å². The Morgan fingerprint density at radius 2 is 1.75 bits per heavy atom. The summed E-state index contributed by atoms with van der Waals surface area (Å²) in [7, 11) is 0. The Labute approximate surface area is 114 Å². The first-order valence-corrected chi connectivity index (χ1v) is 5.94. The van der Waals surface area contributed by atoms with Crippen LogP contribution in [0.4, 0.5) is 0 Å². The van der Waals surface area contributed by atoms with Crippen LogP contribution in [0.15, 0.2) is 12.2 Å². The quantitative estimate of drug-likeness (QED) is 0.511. The summed E-state index contributed by atoms with van der Waals surface area (Å²) >= 11 is 0. The molecule has 0 unspecified atom stereocenters. The van der Waals surface area contributed by atoms with E-state index in [2.05, 4.69) is 4.84 Å².